The van der Waals surface area contributed by atoms with E-state index in [1.165, 1.54) is 0 Å². The van der Waals surface area contributed by atoms with Crippen LogP contribution in [-0.4, -0.2) is 43.0 Å². The van der Waals surface area contributed by atoms with Crippen molar-refractivity contribution in [3.05, 3.63) is 52.5 Å². The fourth-order valence-corrected chi connectivity index (χ4v) is 3.70. The molecule has 1 fully saturated rings. The molecule has 2 aromatic carbocycles. The van der Waals surface area contributed by atoms with Gasteiger partial charge >= 0.3 is 0 Å². The van der Waals surface area contributed by atoms with Gasteiger partial charge in [-0.3, -0.25) is 14.5 Å². The maximum absolute atomic E-state index is 12.7. The molecule has 2 aromatic rings. The fraction of sp³-hybridized carbons (Fsp3) is 0.300. The zero-order chi connectivity index (χ0) is 20.1. The van der Waals surface area contributed by atoms with Gasteiger partial charge in [-0.1, -0.05) is 35.3 Å². The van der Waals surface area contributed by atoms with Crippen LogP contribution in [0.5, 0.6) is 5.75 Å². The summed E-state index contributed by atoms with van der Waals surface area (Å²) < 4.78 is 5.25. The Bertz CT molecular complexity index is 876. The minimum absolute atomic E-state index is 0.116. The molecule has 1 saturated heterocycles. The first kappa shape index (κ1) is 20.5. The first-order chi connectivity index (χ1) is 13.5. The van der Waals surface area contributed by atoms with Crippen LogP contribution < -0.4 is 15.4 Å². The molecule has 1 unspecified atom stereocenters. The monoisotopic (exact) mass is 421 g/mol. The Labute approximate surface area is 173 Å². The van der Waals surface area contributed by atoms with E-state index in [1.54, 1.807) is 37.4 Å². The molecular formula is C20H21Cl2N3O3. The minimum atomic E-state index is -0.393. The molecule has 1 atom stereocenters. The van der Waals surface area contributed by atoms with Crippen LogP contribution in [0, 0.1) is 0 Å². The topological polar surface area (TPSA) is 70.7 Å². The Kier molecular flexibility index (Phi) is 6.78. The van der Waals surface area contributed by atoms with Gasteiger partial charge in [0.2, 0.25) is 11.8 Å². The van der Waals surface area contributed by atoms with Gasteiger partial charge in [-0.05, 0) is 49.7 Å². The number of para-hydroxylation sites is 2. The molecule has 1 aliphatic heterocycles. The van der Waals surface area contributed by atoms with Gasteiger partial charge < -0.3 is 15.4 Å². The number of hydrogen-bond donors (Lipinski definition) is 2. The molecular weight excluding hydrogens is 401 g/mol. The Morgan fingerprint density at radius 3 is 2.68 bits per heavy atom. The number of carbonyl (C=O) groups excluding carboxylic acids is 2. The van der Waals surface area contributed by atoms with Crippen molar-refractivity contribution in [3.63, 3.8) is 0 Å². The highest BCUT2D eigenvalue weighted by Gasteiger charge is 2.32. The third-order valence-electron chi connectivity index (χ3n) is 4.58. The maximum atomic E-state index is 12.7. The first-order valence-corrected chi connectivity index (χ1v) is 9.66. The van der Waals surface area contributed by atoms with Crippen LogP contribution in [-0.2, 0) is 9.59 Å². The van der Waals surface area contributed by atoms with E-state index in [0.29, 0.717) is 40.1 Å². The van der Waals surface area contributed by atoms with Crippen molar-refractivity contribution in [3.8, 4) is 5.75 Å². The summed E-state index contributed by atoms with van der Waals surface area (Å²) >= 11 is 12.0. The lowest BCUT2D eigenvalue weighted by Crippen LogP contribution is -2.43. The van der Waals surface area contributed by atoms with E-state index < -0.39 is 6.04 Å². The van der Waals surface area contributed by atoms with E-state index in [4.69, 9.17) is 27.9 Å². The number of nitrogens with one attached hydrogen (secondary N) is 2. The normalized spacial score (nSPS) is 16.6. The number of nitrogens with zero attached hydrogens (tertiary/aromatic N) is 1. The van der Waals surface area contributed by atoms with Gasteiger partial charge in [0, 0.05) is 5.02 Å². The van der Waals surface area contributed by atoms with Crippen molar-refractivity contribution in [2.75, 3.05) is 30.8 Å². The van der Waals surface area contributed by atoms with Crippen molar-refractivity contribution >= 4 is 46.4 Å². The molecule has 1 aliphatic rings. The number of benzene rings is 2. The van der Waals surface area contributed by atoms with E-state index in [0.717, 1.165) is 6.42 Å². The third kappa shape index (κ3) is 4.95. The van der Waals surface area contributed by atoms with Crippen molar-refractivity contribution < 1.29 is 14.3 Å². The van der Waals surface area contributed by atoms with E-state index in [2.05, 4.69) is 10.6 Å². The van der Waals surface area contributed by atoms with Crippen LogP contribution in [0.1, 0.15) is 12.8 Å². The summed E-state index contributed by atoms with van der Waals surface area (Å²) in [6.07, 6.45) is 1.52. The quantitative estimate of drug-likeness (QED) is 0.737. The lowest BCUT2D eigenvalue weighted by molar-refractivity contribution is -0.122. The smallest absolute Gasteiger partial charge is 0.241 e. The summed E-state index contributed by atoms with van der Waals surface area (Å²) in [5.41, 5.74) is 1.10. The molecule has 0 aromatic heterocycles. The van der Waals surface area contributed by atoms with Crippen LogP contribution in [0.15, 0.2) is 42.5 Å². The van der Waals surface area contributed by atoms with Crippen molar-refractivity contribution in [2.45, 2.75) is 18.9 Å². The van der Waals surface area contributed by atoms with Crippen LogP contribution in [0.2, 0.25) is 10.0 Å². The van der Waals surface area contributed by atoms with E-state index in [1.807, 2.05) is 17.0 Å². The maximum Gasteiger partial charge on any atom is 0.241 e. The van der Waals surface area contributed by atoms with E-state index in [-0.39, 0.29) is 18.4 Å². The Hall–Kier alpha value is -2.28. The number of likely N-dealkylation sites (tertiary alicyclic amines) is 1. The van der Waals surface area contributed by atoms with Gasteiger partial charge in [0.15, 0.2) is 0 Å². The summed E-state index contributed by atoms with van der Waals surface area (Å²) in [6, 6.07) is 11.7. The number of hydrogen-bond acceptors (Lipinski definition) is 4. The molecule has 6 nitrogen and oxygen atoms in total. The Balaban J connectivity index is 1.62. The molecule has 0 aliphatic carbocycles. The fourth-order valence-electron chi connectivity index (χ4n) is 3.24. The largest absolute Gasteiger partial charge is 0.495 e. The van der Waals surface area contributed by atoms with Crippen LogP contribution in [0.25, 0.3) is 0 Å². The predicted molar refractivity (Wildman–Crippen MR) is 111 cm³/mol. The second kappa shape index (κ2) is 9.28. The first-order valence-electron chi connectivity index (χ1n) is 8.91. The lowest BCUT2D eigenvalue weighted by Gasteiger charge is -2.23. The number of anilines is 2. The van der Waals surface area contributed by atoms with Gasteiger partial charge in [0.1, 0.15) is 5.75 Å². The molecule has 148 valence electrons. The number of halogens is 2. The van der Waals surface area contributed by atoms with Gasteiger partial charge in [-0.2, -0.15) is 0 Å². The molecule has 0 bridgehead atoms. The average Bonchev–Trinajstić information content (AvgIpc) is 3.12. The zero-order valence-electron chi connectivity index (χ0n) is 15.4. The van der Waals surface area contributed by atoms with Gasteiger partial charge in [0.05, 0.1) is 36.1 Å². The molecule has 28 heavy (non-hydrogen) atoms. The molecule has 0 saturated carbocycles. The van der Waals surface area contributed by atoms with Crippen LogP contribution >= 0.6 is 23.2 Å². The van der Waals surface area contributed by atoms with Crippen molar-refractivity contribution in [1.29, 1.82) is 0 Å². The summed E-state index contributed by atoms with van der Waals surface area (Å²) in [7, 11) is 1.55. The number of ether oxygens (including phenoxy) is 1. The average molecular weight is 422 g/mol. The summed E-state index contributed by atoms with van der Waals surface area (Å²) in [5.74, 6) is 0.199. The summed E-state index contributed by atoms with van der Waals surface area (Å²) in [6.45, 7) is 0.788. The number of amides is 2. The molecule has 2 amide bonds. The van der Waals surface area contributed by atoms with Crippen LogP contribution in [0.3, 0.4) is 0 Å². The number of methoxy groups -OCH3 is 1. The highest BCUT2D eigenvalue weighted by Crippen LogP contribution is 2.27. The highest BCUT2D eigenvalue weighted by atomic mass is 35.5. The molecule has 1 heterocycles. The van der Waals surface area contributed by atoms with Gasteiger partial charge in [-0.25, -0.2) is 0 Å². The molecule has 3 rings (SSSR count). The van der Waals surface area contributed by atoms with E-state index >= 15 is 0 Å². The summed E-state index contributed by atoms with van der Waals surface area (Å²) in [4.78, 5) is 27.1. The van der Waals surface area contributed by atoms with Gasteiger partial charge in [0.25, 0.3) is 0 Å². The number of carbonyl (C=O) groups is 2. The van der Waals surface area contributed by atoms with Crippen molar-refractivity contribution in [2.24, 2.45) is 0 Å². The molecule has 0 radical (unpaired) electrons. The summed E-state index contributed by atoms with van der Waals surface area (Å²) in [5, 5.41) is 6.54. The second-order valence-electron chi connectivity index (χ2n) is 6.49. The third-order valence-corrected chi connectivity index (χ3v) is 5.13. The van der Waals surface area contributed by atoms with Gasteiger partial charge in [-0.15, -0.1) is 0 Å². The number of rotatable bonds is 6. The Morgan fingerprint density at radius 2 is 1.93 bits per heavy atom. The minimum Gasteiger partial charge on any atom is -0.495 e. The molecule has 2 N–H and O–H groups in total. The molecule has 0 spiro atoms. The Morgan fingerprint density at radius 1 is 1.14 bits per heavy atom. The SMILES string of the molecule is COc1ccccc1NC(=O)CN1CCCC1C(=O)Nc1ccc(Cl)cc1Cl. The molecule has 8 heteroatoms. The highest BCUT2D eigenvalue weighted by molar-refractivity contribution is 6.36. The lowest BCUT2D eigenvalue weighted by atomic mass is 10.2. The second-order valence-corrected chi connectivity index (χ2v) is 7.33. The van der Waals surface area contributed by atoms with Crippen molar-refractivity contribution in [1.82, 2.24) is 4.90 Å². The van der Waals surface area contributed by atoms with E-state index in [9.17, 15) is 9.59 Å². The predicted octanol–water partition coefficient (Wildman–Crippen LogP) is 4.04. The standard InChI is InChI=1S/C20H21Cl2N3O3/c1-28-18-7-3-2-5-16(18)23-19(26)12-25-10-4-6-17(25)20(27)24-15-9-8-13(21)11-14(15)22/h2-3,5,7-9,11,17H,4,6,10,12H2,1H3,(H,23,26)(H,24,27). The van der Waals surface area contributed by atoms with Crippen LogP contribution in [0.4, 0.5) is 11.4 Å². The zero-order valence-corrected chi connectivity index (χ0v) is 16.9.